The normalized spacial score (nSPS) is 27.0. The molecule has 0 aromatic heterocycles. The Bertz CT molecular complexity index is 1240. The molecule has 2 aromatic carbocycles. The van der Waals surface area contributed by atoms with E-state index in [0.717, 1.165) is 68.1 Å². The molecular weight excluding hydrogens is 500 g/mol. The Morgan fingerprint density at radius 1 is 1.13 bits per heavy atom. The van der Waals surface area contributed by atoms with Crippen molar-refractivity contribution in [1.29, 1.82) is 0 Å². The second kappa shape index (κ2) is 11.0. The van der Waals surface area contributed by atoms with E-state index < -0.39 is 17.8 Å². The van der Waals surface area contributed by atoms with E-state index in [0.29, 0.717) is 18.7 Å². The number of ether oxygens (including phenoxy) is 1. The minimum absolute atomic E-state index is 0.168. The van der Waals surface area contributed by atoms with Crippen LogP contribution in [0.3, 0.4) is 0 Å². The minimum atomic E-state index is -0.991. The summed E-state index contributed by atoms with van der Waals surface area (Å²) in [6, 6.07) is 11.9. The molecule has 3 aliphatic rings. The average Bonchev–Trinajstić information content (AvgIpc) is 3.04. The van der Waals surface area contributed by atoms with Crippen LogP contribution in [0.2, 0.25) is 5.02 Å². The number of carbonyl (C=O) groups is 2. The smallest absolute Gasteiger partial charge is 0.311 e. The zero-order valence-corrected chi connectivity index (χ0v) is 23.0. The maximum absolute atomic E-state index is 13.2. The van der Waals surface area contributed by atoms with Gasteiger partial charge in [-0.3, -0.25) is 9.59 Å². The third-order valence-corrected chi connectivity index (χ3v) is 8.78. The number of carboxylic acids is 1. The summed E-state index contributed by atoms with van der Waals surface area (Å²) < 4.78 is 6.53. The number of likely N-dealkylation sites (N-methyl/N-ethyl adjacent to an activating group) is 1. The highest BCUT2D eigenvalue weighted by Gasteiger charge is 2.42. The molecule has 1 spiro atoms. The summed E-state index contributed by atoms with van der Waals surface area (Å²) in [6.45, 7) is 4.41. The van der Waals surface area contributed by atoms with E-state index in [1.54, 1.807) is 18.9 Å². The van der Waals surface area contributed by atoms with Crippen LogP contribution < -0.4 is 9.64 Å². The molecule has 3 atom stereocenters. The van der Waals surface area contributed by atoms with Crippen molar-refractivity contribution in [3.05, 3.63) is 70.3 Å². The third kappa shape index (κ3) is 5.15. The van der Waals surface area contributed by atoms with Crippen LogP contribution in [0.15, 0.2) is 48.6 Å². The van der Waals surface area contributed by atoms with E-state index in [9.17, 15) is 14.7 Å². The van der Waals surface area contributed by atoms with Crippen molar-refractivity contribution in [2.45, 2.75) is 56.8 Å². The summed E-state index contributed by atoms with van der Waals surface area (Å²) >= 11 is 6.36. The van der Waals surface area contributed by atoms with Gasteiger partial charge in [-0.25, -0.2) is 0 Å². The third-order valence-electron chi connectivity index (χ3n) is 8.55. The molecule has 0 saturated heterocycles. The van der Waals surface area contributed by atoms with Gasteiger partial charge in [0.15, 0.2) is 0 Å². The van der Waals surface area contributed by atoms with Crippen LogP contribution in [0.5, 0.6) is 5.75 Å². The van der Waals surface area contributed by atoms with Gasteiger partial charge in [-0.1, -0.05) is 42.8 Å². The molecular formula is C31H37ClN2O4. The second-order valence-electron chi connectivity index (χ2n) is 11.2. The number of fused-ring (bicyclic) bond motifs is 3. The standard InChI is InChI=1S/C31H37ClN2O4/c1-21-28(30(36)37)23-10-13-27-26(18-23)34(16-7-5-3-4-6-15-33(2)29(21)35)19-31(20-38-27)14-8-9-22-17-24(32)11-12-25(22)31/h4,6,10-13,17-18,21,28H,3,5,7-9,14-16,19-20H2,1-2H3,(H,36,37)/b6-4-/t21-,28?,31-/m0/s1. The first-order chi connectivity index (χ1) is 18.3. The topological polar surface area (TPSA) is 70.1 Å². The molecule has 2 aliphatic heterocycles. The van der Waals surface area contributed by atoms with E-state index in [1.807, 2.05) is 30.3 Å². The molecule has 1 amide bonds. The summed E-state index contributed by atoms with van der Waals surface area (Å²) in [6.07, 6.45) is 10.2. The molecule has 0 fully saturated rings. The van der Waals surface area contributed by atoms with Crippen LogP contribution in [0.4, 0.5) is 5.69 Å². The van der Waals surface area contributed by atoms with Crippen molar-refractivity contribution in [2.75, 3.05) is 38.2 Å². The van der Waals surface area contributed by atoms with Crippen molar-refractivity contribution >= 4 is 29.2 Å². The van der Waals surface area contributed by atoms with Crippen molar-refractivity contribution in [1.82, 2.24) is 4.90 Å². The van der Waals surface area contributed by atoms with Gasteiger partial charge in [0.1, 0.15) is 5.75 Å². The second-order valence-corrected chi connectivity index (χ2v) is 11.6. The number of nitrogens with zero attached hydrogens (tertiary/aromatic N) is 2. The summed E-state index contributed by atoms with van der Waals surface area (Å²) in [5.41, 5.74) is 4.00. The molecule has 1 aliphatic carbocycles. The SMILES string of the molecule is C[C@@H]1C(=O)N(C)C/C=C\CCCCN2C[C@@]3(CCCc4cc(Cl)ccc43)COc3ccc(cc32)C1C(=O)O. The molecule has 5 rings (SSSR count). The Morgan fingerprint density at radius 2 is 1.97 bits per heavy atom. The largest absolute Gasteiger partial charge is 0.490 e. The first-order valence-corrected chi connectivity index (χ1v) is 14.1. The van der Waals surface area contributed by atoms with Gasteiger partial charge in [0.05, 0.1) is 24.1 Å². The summed E-state index contributed by atoms with van der Waals surface area (Å²) in [5, 5.41) is 11.0. The van der Waals surface area contributed by atoms with Crippen molar-refractivity contribution in [2.24, 2.45) is 5.92 Å². The minimum Gasteiger partial charge on any atom is -0.490 e. The van der Waals surface area contributed by atoms with Crippen LogP contribution in [0, 0.1) is 5.92 Å². The molecule has 2 bridgehead atoms. The van der Waals surface area contributed by atoms with Gasteiger partial charge in [-0.05, 0) is 79.5 Å². The fourth-order valence-corrected chi connectivity index (χ4v) is 6.70. The zero-order chi connectivity index (χ0) is 26.9. The fraction of sp³-hybridized carbons (Fsp3) is 0.484. The molecule has 1 N–H and O–H groups in total. The van der Waals surface area contributed by atoms with E-state index in [4.69, 9.17) is 16.3 Å². The molecule has 38 heavy (non-hydrogen) atoms. The average molecular weight is 537 g/mol. The zero-order valence-electron chi connectivity index (χ0n) is 22.3. The van der Waals surface area contributed by atoms with Crippen molar-refractivity contribution < 1.29 is 19.4 Å². The van der Waals surface area contributed by atoms with Crippen LogP contribution in [0.1, 0.15) is 61.6 Å². The highest BCUT2D eigenvalue weighted by molar-refractivity contribution is 6.30. The van der Waals surface area contributed by atoms with E-state index >= 15 is 0 Å². The first-order valence-electron chi connectivity index (χ1n) is 13.7. The van der Waals surface area contributed by atoms with Gasteiger partial charge >= 0.3 is 5.97 Å². The van der Waals surface area contributed by atoms with Crippen LogP contribution >= 0.6 is 11.6 Å². The Balaban J connectivity index is 1.58. The molecule has 1 unspecified atom stereocenters. The molecule has 7 heteroatoms. The van der Waals surface area contributed by atoms with E-state index in [2.05, 4.69) is 23.1 Å². The number of allylic oxidation sites excluding steroid dienone is 1. The Morgan fingerprint density at radius 3 is 2.79 bits per heavy atom. The van der Waals surface area contributed by atoms with Crippen molar-refractivity contribution in [3.63, 3.8) is 0 Å². The van der Waals surface area contributed by atoms with Gasteiger partial charge in [-0.2, -0.15) is 0 Å². The lowest BCUT2D eigenvalue weighted by Crippen LogP contribution is -2.46. The molecule has 0 saturated carbocycles. The van der Waals surface area contributed by atoms with Gasteiger partial charge in [0.2, 0.25) is 5.91 Å². The number of amides is 1. The Hall–Kier alpha value is -2.99. The number of halogens is 1. The highest BCUT2D eigenvalue weighted by Crippen LogP contribution is 2.45. The summed E-state index contributed by atoms with van der Waals surface area (Å²) in [4.78, 5) is 29.7. The highest BCUT2D eigenvalue weighted by atomic mass is 35.5. The van der Waals surface area contributed by atoms with Crippen LogP contribution in [-0.2, 0) is 21.4 Å². The Kier molecular flexibility index (Phi) is 7.71. The molecule has 0 radical (unpaired) electrons. The molecule has 202 valence electrons. The maximum Gasteiger partial charge on any atom is 0.311 e. The predicted octanol–water partition coefficient (Wildman–Crippen LogP) is 5.82. The van der Waals surface area contributed by atoms with Crippen LogP contribution in [0.25, 0.3) is 0 Å². The molecule has 2 heterocycles. The Labute approximate surface area is 230 Å². The summed E-state index contributed by atoms with van der Waals surface area (Å²) in [7, 11) is 1.74. The number of aliphatic carboxylic acids is 1. The number of benzene rings is 2. The lowest BCUT2D eigenvalue weighted by atomic mass is 9.70. The first kappa shape index (κ1) is 26.6. The van der Waals surface area contributed by atoms with Crippen molar-refractivity contribution in [3.8, 4) is 5.75 Å². The number of aryl methyl sites for hydroxylation is 1. The fourth-order valence-electron chi connectivity index (χ4n) is 6.50. The number of hydrogen-bond acceptors (Lipinski definition) is 4. The number of carbonyl (C=O) groups excluding carboxylic acids is 1. The lowest BCUT2D eigenvalue weighted by Gasteiger charge is -2.41. The predicted molar refractivity (Wildman–Crippen MR) is 150 cm³/mol. The van der Waals surface area contributed by atoms with Gasteiger partial charge in [-0.15, -0.1) is 0 Å². The van der Waals surface area contributed by atoms with E-state index in [1.165, 1.54) is 11.1 Å². The summed E-state index contributed by atoms with van der Waals surface area (Å²) in [5.74, 6) is -2.03. The molecule has 6 nitrogen and oxygen atoms in total. The quantitative estimate of drug-likeness (QED) is 0.465. The number of hydrogen-bond donors (Lipinski definition) is 1. The number of rotatable bonds is 1. The van der Waals surface area contributed by atoms with Gasteiger partial charge in [0.25, 0.3) is 0 Å². The van der Waals surface area contributed by atoms with E-state index in [-0.39, 0.29) is 11.3 Å². The van der Waals surface area contributed by atoms with Crippen LogP contribution in [-0.4, -0.2) is 55.2 Å². The maximum atomic E-state index is 13.2. The monoisotopic (exact) mass is 536 g/mol. The lowest BCUT2D eigenvalue weighted by molar-refractivity contribution is -0.145. The number of anilines is 1. The number of carboxylic acid groups (broad SMARTS) is 1. The molecule has 2 aromatic rings. The van der Waals surface area contributed by atoms with Gasteiger partial charge < -0.3 is 19.6 Å². The van der Waals surface area contributed by atoms with Gasteiger partial charge in [0, 0.05) is 37.1 Å².